The fourth-order valence-corrected chi connectivity index (χ4v) is 10.2. The molecule has 63 heavy (non-hydrogen) atoms. The van der Waals surface area contributed by atoms with Gasteiger partial charge >= 0.3 is 0 Å². The first-order valence-electron chi connectivity index (χ1n) is 21.8. The standard InChI is InChI=1S/C61H42N2/c1-61(2)56-36-30-44(37-55(56)53-31-29-41-17-9-10-20-46(41)59(53)61)45-32-33-51(48-22-12-11-21-47(45)48)52-34-35-54(50-24-14-13-23-49(50)52)60-62-57(42-18-7-4-8-19-42)38-58(63-60)43-27-25-40(26-28-43)39-15-5-3-6-16-39/h3-38H,1-2H3. The van der Waals surface area contributed by atoms with Crippen LogP contribution < -0.4 is 0 Å². The van der Waals surface area contributed by atoms with E-state index in [0.717, 1.165) is 33.5 Å². The molecule has 1 aliphatic carbocycles. The first-order chi connectivity index (χ1) is 31.0. The molecule has 12 rings (SSSR count). The topological polar surface area (TPSA) is 25.8 Å². The molecule has 0 aliphatic heterocycles. The largest absolute Gasteiger partial charge is 0.228 e. The molecule has 1 aromatic heterocycles. The number of aromatic nitrogens is 2. The van der Waals surface area contributed by atoms with Crippen molar-refractivity contribution < 1.29 is 0 Å². The fraction of sp³-hybridized carbons (Fsp3) is 0.0492. The van der Waals surface area contributed by atoms with Crippen LogP contribution in [0.2, 0.25) is 0 Å². The van der Waals surface area contributed by atoms with E-state index in [9.17, 15) is 0 Å². The third-order valence-electron chi connectivity index (χ3n) is 13.3. The van der Waals surface area contributed by atoms with Gasteiger partial charge in [0.2, 0.25) is 0 Å². The monoisotopic (exact) mass is 802 g/mol. The Labute approximate surface area is 367 Å². The minimum atomic E-state index is -0.0905. The summed E-state index contributed by atoms with van der Waals surface area (Å²) >= 11 is 0. The zero-order chi connectivity index (χ0) is 42.1. The van der Waals surface area contributed by atoms with Gasteiger partial charge in [0.05, 0.1) is 11.4 Å². The minimum absolute atomic E-state index is 0.0905. The summed E-state index contributed by atoms with van der Waals surface area (Å²) in [6, 6.07) is 79.0. The summed E-state index contributed by atoms with van der Waals surface area (Å²) in [5.74, 6) is 0.704. The molecule has 10 aromatic carbocycles. The average Bonchev–Trinajstić information content (AvgIpc) is 3.59. The molecule has 0 spiro atoms. The number of hydrogen-bond acceptors (Lipinski definition) is 2. The average molecular weight is 803 g/mol. The first-order valence-corrected chi connectivity index (χ1v) is 21.8. The van der Waals surface area contributed by atoms with Gasteiger partial charge in [-0.2, -0.15) is 0 Å². The molecule has 0 N–H and O–H groups in total. The van der Waals surface area contributed by atoms with Crippen molar-refractivity contribution in [1.29, 1.82) is 0 Å². The molecule has 0 unspecified atom stereocenters. The second-order valence-electron chi connectivity index (χ2n) is 17.3. The van der Waals surface area contributed by atoms with E-state index in [1.54, 1.807) is 0 Å². The maximum Gasteiger partial charge on any atom is 0.161 e. The van der Waals surface area contributed by atoms with E-state index in [1.165, 1.54) is 82.6 Å². The number of nitrogens with zero attached hydrogens (tertiary/aromatic N) is 2. The highest BCUT2D eigenvalue weighted by atomic mass is 14.9. The zero-order valence-corrected chi connectivity index (χ0v) is 35.2. The lowest BCUT2D eigenvalue weighted by atomic mass is 9.80. The highest BCUT2D eigenvalue weighted by Crippen LogP contribution is 2.52. The number of hydrogen-bond donors (Lipinski definition) is 0. The summed E-state index contributed by atoms with van der Waals surface area (Å²) in [6.45, 7) is 4.75. The van der Waals surface area contributed by atoms with Gasteiger partial charge in [-0.25, -0.2) is 9.97 Å². The number of benzene rings is 10. The summed E-state index contributed by atoms with van der Waals surface area (Å²) in [5, 5.41) is 7.38. The van der Waals surface area contributed by atoms with Crippen LogP contribution in [0.25, 0.3) is 111 Å². The van der Waals surface area contributed by atoms with Crippen LogP contribution in [-0.4, -0.2) is 9.97 Å². The lowest BCUT2D eigenvalue weighted by Crippen LogP contribution is -2.15. The Kier molecular flexibility index (Phi) is 8.55. The summed E-state index contributed by atoms with van der Waals surface area (Å²) in [4.78, 5) is 10.6. The molecule has 2 heteroatoms. The predicted molar refractivity (Wildman–Crippen MR) is 265 cm³/mol. The Hall–Kier alpha value is -7.94. The summed E-state index contributed by atoms with van der Waals surface area (Å²) < 4.78 is 0. The third-order valence-corrected chi connectivity index (χ3v) is 13.3. The van der Waals surface area contributed by atoms with Crippen LogP contribution >= 0.6 is 0 Å². The van der Waals surface area contributed by atoms with Crippen molar-refractivity contribution in [2.24, 2.45) is 0 Å². The van der Waals surface area contributed by atoms with Crippen LogP contribution in [0.4, 0.5) is 0 Å². The molecule has 1 heterocycles. The highest BCUT2D eigenvalue weighted by molar-refractivity contribution is 6.12. The first kappa shape index (κ1) is 36.9. The van der Waals surface area contributed by atoms with Crippen molar-refractivity contribution in [3.8, 4) is 78.4 Å². The molecule has 0 atom stereocenters. The normalized spacial score (nSPS) is 12.7. The molecule has 0 saturated carbocycles. The summed E-state index contributed by atoms with van der Waals surface area (Å²) in [6.07, 6.45) is 0. The van der Waals surface area contributed by atoms with Gasteiger partial charge in [0.15, 0.2) is 5.82 Å². The van der Waals surface area contributed by atoms with Crippen LogP contribution in [0, 0.1) is 0 Å². The van der Waals surface area contributed by atoms with Crippen molar-refractivity contribution in [3.63, 3.8) is 0 Å². The number of fused-ring (bicyclic) bond motifs is 7. The lowest BCUT2D eigenvalue weighted by molar-refractivity contribution is 0.666. The zero-order valence-electron chi connectivity index (χ0n) is 35.2. The van der Waals surface area contributed by atoms with Crippen molar-refractivity contribution in [2.75, 3.05) is 0 Å². The molecule has 0 saturated heterocycles. The summed E-state index contributed by atoms with van der Waals surface area (Å²) in [5.41, 5.74) is 17.5. The van der Waals surface area contributed by atoms with Crippen LogP contribution in [0.3, 0.4) is 0 Å². The van der Waals surface area contributed by atoms with E-state index < -0.39 is 0 Å². The van der Waals surface area contributed by atoms with Gasteiger partial charge in [-0.15, -0.1) is 0 Å². The molecule has 0 radical (unpaired) electrons. The van der Waals surface area contributed by atoms with E-state index in [0.29, 0.717) is 5.82 Å². The molecule has 1 aliphatic rings. The Morgan fingerprint density at radius 3 is 1.40 bits per heavy atom. The predicted octanol–water partition coefficient (Wildman–Crippen LogP) is 16.2. The van der Waals surface area contributed by atoms with Gasteiger partial charge in [0.25, 0.3) is 0 Å². The van der Waals surface area contributed by atoms with E-state index in [2.05, 4.69) is 226 Å². The van der Waals surface area contributed by atoms with E-state index in [4.69, 9.17) is 9.97 Å². The van der Waals surface area contributed by atoms with Crippen molar-refractivity contribution >= 4 is 32.3 Å². The minimum Gasteiger partial charge on any atom is -0.228 e. The van der Waals surface area contributed by atoms with Gasteiger partial charge in [0, 0.05) is 22.1 Å². The molecule has 2 nitrogen and oxygen atoms in total. The molecule has 0 fully saturated rings. The van der Waals surface area contributed by atoms with Gasteiger partial charge in [-0.05, 0) is 106 Å². The van der Waals surface area contributed by atoms with Crippen LogP contribution in [0.5, 0.6) is 0 Å². The SMILES string of the molecule is CC1(C)c2ccc(-c3ccc(-c4ccc(-c5nc(-c6ccccc6)cc(-c6ccc(-c7ccccc7)cc6)n5)c5ccccc45)c4ccccc34)cc2-c2ccc3ccccc3c21. The molecule has 11 aromatic rings. The third kappa shape index (κ3) is 6.09. The van der Waals surface area contributed by atoms with E-state index in [1.807, 2.05) is 6.07 Å². The van der Waals surface area contributed by atoms with Crippen LogP contribution in [-0.2, 0) is 5.41 Å². The fourth-order valence-electron chi connectivity index (χ4n) is 10.2. The Morgan fingerprint density at radius 1 is 0.302 bits per heavy atom. The van der Waals surface area contributed by atoms with Gasteiger partial charge < -0.3 is 0 Å². The molecule has 0 bridgehead atoms. The maximum absolute atomic E-state index is 5.30. The second-order valence-corrected chi connectivity index (χ2v) is 17.3. The molecular weight excluding hydrogens is 761 g/mol. The van der Waals surface area contributed by atoms with E-state index in [-0.39, 0.29) is 5.41 Å². The summed E-state index contributed by atoms with van der Waals surface area (Å²) in [7, 11) is 0. The molecule has 296 valence electrons. The number of rotatable bonds is 6. The van der Waals surface area contributed by atoms with Crippen molar-refractivity contribution in [3.05, 3.63) is 230 Å². The van der Waals surface area contributed by atoms with Crippen molar-refractivity contribution in [1.82, 2.24) is 9.97 Å². The quantitative estimate of drug-likeness (QED) is 0.167. The van der Waals surface area contributed by atoms with Gasteiger partial charge in [0.1, 0.15) is 0 Å². The molecule has 0 amide bonds. The van der Waals surface area contributed by atoms with Gasteiger partial charge in [-0.3, -0.25) is 0 Å². The lowest BCUT2D eigenvalue weighted by Gasteiger charge is -2.23. The van der Waals surface area contributed by atoms with Gasteiger partial charge in [-0.1, -0.05) is 214 Å². The van der Waals surface area contributed by atoms with Crippen molar-refractivity contribution in [2.45, 2.75) is 19.3 Å². The Balaban J connectivity index is 0.975. The Bertz CT molecular complexity index is 3570. The second kappa shape index (κ2) is 14.6. The Morgan fingerprint density at radius 2 is 0.746 bits per heavy atom. The smallest absolute Gasteiger partial charge is 0.161 e. The van der Waals surface area contributed by atoms with Crippen LogP contribution in [0.1, 0.15) is 25.0 Å². The maximum atomic E-state index is 5.30. The van der Waals surface area contributed by atoms with E-state index >= 15 is 0 Å². The van der Waals surface area contributed by atoms with Crippen LogP contribution in [0.15, 0.2) is 218 Å². The molecular formula is C61H42N2. The highest BCUT2D eigenvalue weighted by Gasteiger charge is 2.37.